The molecule has 2 aliphatic heterocycles. The van der Waals surface area contributed by atoms with Crippen molar-refractivity contribution in [3.05, 3.63) is 37.6 Å². The lowest BCUT2D eigenvalue weighted by atomic mass is 10.0. The van der Waals surface area contributed by atoms with Gasteiger partial charge < -0.3 is 35.9 Å². The number of fused-ring (bicyclic) bond motifs is 2. The Hall–Kier alpha value is -4.50. The van der Waals surface area contributed by atoms with Gasteiger partial charge in [-0.1, -0.05) is 0 Å². The zero-order chi connectivity index (χ0) is 31.3. The number of nitrogens with two attached hydrogens (primary N) is 2. The number of hydrogen-bond donors (Lipinski definition) is 7. The average molecular weight is 636 g/mol. The Morgan fingerprint density at radius 2 is 1.70 bits per heavy atom. The Balaban J connectivity index is 1.15. The summed E-state index contributed by atoms with van der Waals surface area (Å²) in [5, 5.41) is 20.7. The first kappa shape index (κ1) is 29.6. The molecule has 234 valence electrons. The van der Waals surface area contributed by atoms with E-state index >= 15 is 0 Å². The summed E-state index contributed by atoms with van der Waals surface area (Å²) in [7, 11) is -3.03. The number of ether oxygens (including phenoxy) is 3. The molecule has 22 heteroatoms. The first-order chi connectivity index (χ1) is 21.0. The molecule has 7 unspecified atom stereocenters. The molecule has 7 atom stereocenters. The van der Waals surface area contributed by atoms with Crippen molar-refractivity contribution in [2.24, 2.45) is 5.92 Å². The van der Waals surface area contributed by atoms with Crippen LogP contribution in [0.1, 0.15) is 18.9 Å². The van der Waals surface area contributed by atoms with Gasteiger partial charge >= 0.3 is 16.3 Å². The van der Waals surface area contributed by atoms with Crippen LogP contribution in [-0.2, 0) is 24.4 Å². The molecular weight excluding hydrogens is 608 g/mol. The normalized spacial score (nSPS) is 27.2. The van der Waals surface area contributed by atoms with Gasteiger partial charge in [0.1, 0.15) is 36.6 Å². The van der Waals surface area contributed by atoms with Gasteiger partial charge in [-0.15, -0.1) is 13.1 Å². The molecule has 0 amide bonds. The summed E-state index contributed by atoms with van der Waals surface area (Å²) < 4.78 is 51.2. The number of imidazole rings is 2. The van der Waals surface area contributed by atoms with Gasteiger partial charge in [-0.05, 0) is 0 Å². The average Bonchev–Trinajstić information content (AvgIpc) is 3.74. The maximum atomic E-state index is 12.8. The number of nitrogens with zero attached hydrogens (tertiary/aromatic N) is 7. The predicted octanol–water partition coefficient (Wildman–Crippen LogP) is -3.25. The first-order valence-corrected chi connectivity index (χ1v) is 14.5. The van der Waals surface area contributed by atoms with Gasteiger partial charge in [-0.3, -0.25) is 28.7 Å². The van der Waals surface area contributed by atoms with Crippen LogP contribution in [0.25, 0.3) is 26.6 Å². The largest absolute Gasteiger partial charge is 0.558 e. The number of H-pyrrole nitrogens is 2. The molecule has 9 N–H and O–H groups in total. The number of aliphatic hydroxyl groups excluding tert-OH is 2. The van der Waals surface area contributed by atoms with Crippen molar-refractivity contribution in [3.63, 3.8) is 0 Å². The van der Waals surface area contributed by atoms with Gasteiger partial charge in [-0.25, -0.2) is 9.97 Å². The number of hydrogen-bond acceptors (Lipinski definition) is 15. The molecule has 44 heavy (non-hydrogen) atoms. The Kier molecular flexibility index (Phi) is 7.53. The standard InChI is InChI=1S/C22H26N12O9S/c1-41-15-9(43-20(14(15)36)34-7-26-13-17(34)30-22(24)32-19(13)38)4-28-44(39,40)27-3-8-2-11(42-10(8)5-35)33-6-25-12-16(33)29-21(23)31-18(12)37/h6-11,14-15,20,28,35-36H,2,4-5H2,1H3,(H5-,23,24,29,30,31,32,37,38)/p+1. The third kappa shape index (κ3) is 5.26. The highest BCUT2D eigenvalue weighted by molar-refractivity contribution is 7.91. The second-order valence-electron chi connectivity index (χ2n) is 10.0. The molecule has 6 rings (SSSR count). The summed E-state index contributed by atoms with van der Waals surface area (Å²) in [6.07, 6.45) is -3.39. The van der Waals surface area contributed by atoms with Crippen LogP contribution >= 0.6 is 0 Å². The van der Waals surface area contributed by atoms with E-state index < -0.39 is 70.7 Å². The Morgan fingerprint density at radius 3 is 2.32 bits per heavy atom. The summed E-state index contributed by atoms with van der Waals surface area (Å²) in [5.74, 6) is -1.06. The molecule has 0 saturated carbocycles. The van der Waals surface area contributed by atoms with Gasteiger partial charge in [-0.2, -0.15) is 9.97 Å². The molecule has 2 saturated heterocycles. The van der Waals surface area contributed by atoms with Crippen LogP contribution < -0.4 is 27.3 Å². The van der Waals surface area contributed by atoms with E-state index in [-0.39, 0.29) is 47.2 Å². The first-order valence-electron chi connectivity index (χ1n) is 13.0. The maximum Gasteiger partial charge on any atom is 0.558 e. The monoisotopic (exact) mass is 635 g/mol. The fourth-order valence-corrected chi connectivity index (χ4v) is 5.96. The van der Waals surface area contributed by atoms with Crippen molar-refractivity contribution >= 4 is 44.4 Å². The summed E-state index contributed by atoms with van der Waals surface area (Å²) in [6.45, 7) is -0.835. The van der Waals surface area contributed by atoms with Gasteiger partial charge in [0.25, 0.3) is 11.1 Å². The van der Waals surface area contributed by atoms with Crippen LogP contribution in [0.4, 0.5) is 11.9 Å². The number of nitrogen functional groups attached to an aromatic ring is 2. The molecule has 0 aliphatic carbocycles. The van der Waals surface area contributed by atoms with Crippen LogP contribution in [0.3, 0.4) is 0 Å². The van der Waals surface area contributed by atoms with E-state index in [1.54, 1.807) is 0 Å². The minimum Gasteiger partial charge on any atom is -0.394 e. The molecule has 0 spiro atoms. The molecule has 4 aromatic heterocycles. The Morgan fingerprint density at radius 1 is 1.09 bits per heavy atom. The second-order valence-corrected chi connectivity index (χ2v) is 11.4. The molecule has 0 bridgehead atoms. The Labute approximate surface area is 245 Å². The summed E-state index contributed by atoms with van der Waals surface area (Å²) in [4.78, 5) is 45.1. The fourth-order valence-electron chi connectivity index (χ4n) is 5.25. The smallest absolute Gasteiger partial charge is 0.394 e. The zero-order valence-corrected chi connectivity index (χ0v) is 23.6. The van der Waals surface area contributed by atoms with E-state index in [0.717, 1.165) is 0 Å². The highest BCUT2D eigenvalue weighted by Gasteiger charge is 2.46. The molecule has 6 heterocycles. The van der Waals surface area contributed by atoms with Crippen LogP contribution in [0.15, 0.2) is 22.2 Å². The quantitative estimate of drug-likeness (QED) is 0.105. The molecule has 2 aliphatic rings. The predicted molar refractivity (Wildman–Crippen MR) is 149 cm³/mol. The van der Waals surface area contributed by atoms with Crippen molar-refractivity contribution in [2.45, 2.75) is 43.3 Å². The number of anilines is 2. The number of methoxy groups -OCH3 is 1. The van der Waals surface area contributed by atoms with Crippen molar-refractivity contribution in [1.29, 1.82) is 0 Å². The van der Waals surface area contributed by atoms with Gasteiger partial charge in [0, 0.05) is 20.1 Å². The van der Waals surface area contributed by atoms with Crippen molar-refractivity contribution in [2.75, 3.05) is 31.7 Å². The molecule has 0 aromatic carbocycles. The van der Waals surface area contributed by atoms with E-state index in [2.05, 4.69) is 44.9 Å². The molecule has 2 fully saturated rings. The topological polar surface area (TPSA) is 298 Å². The fraction of sp³-hybridized carbons (Fsp3) is 0.500. The highest BCUT2D eigenvalue weighted by Crippen LogP contribution is 2.35. The summed E-state index contributed by atoms with van der Waals surface area (Å²) in [6, 6.07) is 2.51. The molecule has 21 nitrogen and oxygen atoms in total. The van der Waals surface area contributed by atoms with Crippen LogP contribution in [0.5, 0.6) is 0 Å². The SMILES string of the molecule is COC1C(CNS(=O)(=O)[N+]#CC2CC(n3cnc4c(=O)[nH]c(N)nc43)OC2CO)OC(n2cnc3c(=O)[nH]c(N)nc32)C1O. The lowest BCUT2D eigenvalue weighted by molar-refractivity contribution is -0.0329. The molecule has 0 radical (unpaired) electrons. The van der Waals surface area contributed by atoms with Gasteiger partial charge in [0.2, 0.25) is 11.9 Å². The number of nitrogens with one attached hydrogen (secondary N) is 3. The van der Waals surface area contributed by atoms with Crippen LogP contribution in [0, 0.1) is 12.0 Å². The summed E-state index contributed by atoms with van der Waals surface area (Å²) >= 11 is 0. The van der Waals surface area contributed by atoms with E-state index in [0.29, 0.717) is 0 Å². The Bertz CT molecular complexity index is 2010. The number of aliphatic hydroxyl groups is 2. The minimum atomic E-state index is -4.35. The van der Waals surface area contributed by atoms with Crippen molar-refractivity contribution in [1.82, 2.24) is 43.8 Å². The highest BCUT2D eigenvalue weighted by atomic mass is 32.2. The van der Waals surface area contributed by atoms with Crippen LogP contribution in [-0.4, -0.2) is 102 Å². The molecule has 4 aromatic rings. The summed E-state index contributed by atoms with van der Waals surface area (Å²) in [5.41, 5.74) is 10.4. The van der Waals surface area contributed by atoms with E-state index in [1.807, 2.05) is 0 Å². The van der Waals surface area contributed by atoms with Gasteiger partial charge in [0.05, 0.1) is 23.5 Å². The zero-order valence-electron chi connectivity index (χ0n) is 22.8. The minimum absolute atomic E-state index is 0.0300. The van der Waals surface area contributed by atoms with Gasteiger partial charge in [0.15, 0.2) is 28.6 Å². The maximum absolute atomic E-state index is 12.8. The van der Waals surface area contributed by atoms with Crippen molar-refractivity contribution in [3.8, 4) is 6.07 Å². The van der Waals surface area contributed by atoms with E-state index in [4.69, 9.17) is 25.7 Å². The number of rotatable bonds is 7. The third-order valence-electron chi connectivity index (χ3n) is 7.29. The third-order valence-corrected chi connectivity index (χ3v) is 8.17. The second kappa shape index (κ2) is 11.2. The van der Waals surface area contributed by atoms with E-state index in [1.165, 1.54) is 28.9 Å². The van der Waals surface area contributed by atoms with Crippen molar-refractivity contribution < 1.29 is 32.8 Å². The number of aromatic amines is 2. The number of aromatic nitrogens is 8. The van der Waals surface area contributed by atoms with E-state index in [9.17, 15) is 28.2 Å². The molecular formula is C22H27N12O9S+. The lowest BCUT2D eigenvalue weighted by Crippen LogP contribution is -2.40. The van der Waals surface area contributed by atoms with Crippen LogP contribution in [0.2, 0.25) is 0 Å². The lowest BCUT2D eigenvalue weighted by Gasteiger charge is -2.18.